The molecule has 0 saturated carbocycles. The van der Waals surface area contributed by atoms with Crippen LogP contribution in [0.25, 0.3) is 0 Å². The van der Waals surface area contributed by atoms with Crippen LogP contribution in [0.4, 0.5) is 0 Å². The van der Waals surface area contributed by atoms with Crippen LogP contribution in [0.2, 0.25) is 0 Å². The van der Waals surface area contributed by atoms with Crippen LogP contribution in [0.15, 0.2) is 0 Å². The summed E-state index contributed by atoms with van der Waals surface area (Å²) in [5.41, 5.74) is 0. The van der Waals surface area contributed by atoms with Crippen LogP contribution in [-0.2, 0) is 0 Å². The minimum atomic E-state index is 0.899. The van der Waals surface area contributed by atoms with E-state index in [1.165, 1.54) is 64.2 Å². The molecule has 0 aliphatic carbocycles. The molecule has 91 valence electrons. The first-order valence-corrected chi connectivity index (χ1v) is 7.18. The topological polar surface area (TPSA) is 0 Å². The molecular formula is C15H31. The van der Waals surface area contributed by atoms with E-state index >= 15 is 0 Å². The van der Waals surface area contributed by atoms with Crippen molar-refractivity contribution in [1.82, 2.24) is 0 Å². The Kier molecular flexibility index (Phi) is 12.1. The quantitative estimate of drug-likeness (QED) is 0.381. The minimum Gasteiger partial charge on any atom is -0.0654 e. The van der Waals surface area contributed by atoms with Gasteiger partial charge in [-0.25, -0.2) is 0 Å². The number of hydrogen-bond donors (Lipinski definition) is 0. The maximum absolute atomic E-state index is 2.58. The van der Waals surface area contributed by atoms with Crippen LogP contribution in [-0.4, -0.2) is 0 Å². The molecule has 0 aromatic rings. The summed E-state index contributed by atoms with van der Waals surface area (Å²) in [7, 11) is 0. The maximum Gasteiger partial charge on any atom is -0.0355 e. The Morgan fingerprint density at radius 1 is 0.800 bits per heavy atom. The first-order chi connectivity index (χ1) is 7.35. The Morgan fingerprint density at radius 2 is 1.47 bits per heavy atom. The second-order valence-corrected chi connectivity index (χ2v) is 4.75. The molecule has 1 radical (unpaired) electrons. The highest BCUT2D eigenvalue weighted by Gasteiger charge is 2.05. The summed E-state index contributed by atoms with van der Waals surface area (Å²) in [6.45, 7) is 6.90. The SMILES string of the molecule is CCCCCCC[CH]C(CC)CCCC. The van der Waals surface area contributed by atoms with Gasteiger partial charge < -0.3 is 0 Å². The Labute approximate surface area is 97.8 Å². The second kappa shape index (κ2) is 12.1. The van der Waals surface area contributed by atoms with Gasteiger partial charge in [-0.1, -0.05) is 78.6 Å². The Bertz CT molecular complexity index is 107. The van der Waals surface area contributed by atoms with E-state index in [2.05, 4.69) is 27.2 Å². The normalized spacial score (nSPS) is 13.0. The summed E-state index contributed by atoms with van der Waals surface area (Å²) in [5.74, 6) is 0.899. The van der Waals surface area contributed by atoms with Crippen LogP contribution >= 0.6 is 0 Å². The third-order valence-corrected chi connectivity index (χ3v) is 3.26. The summed E-state index contributed by atoms with van der Waals surface area (Å²) < 4.78 is 0. The monoisotopic (exact) mass is 211 g/mol. The van der Waals surface area contributed by atoms with Gasteiger partial charge in [-0.3, -0.25) is 0 Å². The largest absolute Gasteiger partial charge is 0.0654 e. The van der Waals surface area contributed by atoms with Crippen molar-refractivity contribution in [3.8, 4) is 0 Å². The van der Waals surface area contributed by atoms with E-state index in [9.17, 15) is 0 Å². The summed E-state index contributed by atoms with van der Waals surface area (Å²) in [5, 5.41) is 0. The molecule has 0 aliphatic heterocycles. The lowest BCUT2D eigenvalue weighted by Gasteiger charge is -2.13. The molecule has 0 heteroatoms. The highest BCUT2D eigenvalue weighted by molar-refractivity contribution is 4.75. The van der Waals surface area contributed by atoms with Crippen molar-refractivity contribution in [3.63, 3.8) is 0 Å². The van der Waals surface area contributed by atoms with E-state index < -0.39 is 0 Å². The maximum atomic E-state index is 2.58. The fourth-order valence-electron chi connectivity index (χ4n) is 2.06. The Hall–Kier alpha value is 0. The second-order valence-electron chi connectivity index (χ2n) is 4.75. The van der Waals surface area contributed by atoms with E-state index in [0.29, 0.717) is 0 Å². The van der Waals surface area contributed by atoms with E-state index in [1.54, 1.807) is 0 Å². The molecule has 0 spiro atoms. The molecule has 0 aromatic heterocycles. The predicted octanol–water partition coefficient (Wildman–Crippen LogP) is 5.77. The zero-order valence-electron chi connectivity index (χ0n) is 11.2. The van der Waals surface area contributed by atoms with Crippen molar-refractivity contribution in [2.45, 2.75) is 85.0 Å². The van der Waals surface area contributed by atoms with Gasteiger partial charge in [0, 0.05) is 0 Å². The van der Waals surface area contributed by atoms with E-state index in [4.69, 9.17) is 0 Å². The van der Waals surface area contributed by atoms with Gasteiger partial charge in [0.15, 0.2) is 0 Å². The fraction of sp³-hybridized carbons (Fsp3) is 0.933. The van der Waals surface area contributed by atoms with E-state index in [1.807, 2.05) is 0 Å². The molecule has 0 nitrogen and oxygen atoms in total. The summed E-state index contributed by atoms with van der Waals surface area (Å²) in [4.78, 5) is 0. The van der Waals surface area contributed by atoms with Crippen LogP contribution in [0, 0.1) is 12.3 Å². The van der Waals surface area contributed by atoms with Crippen molar-refractivity contribution in [2.75, 3.05) is 0 Å². The lowest BCUT2D eigenvalue weighted by molar-refractivity contribution is 0.483. The molecule has 0 heterocycles. The van der Waals surface area contributed by atoms with Crippen LogP contribution < -0.4 is 0 Å². The number of rotatable bonds is 11. The van der Waals surface area contributed by atoms with Gasteiger partial charge in [-0.2, -0.15) is 0 Å². The van der Waals surface area contributed by atoms with Crippen molar-refractivity contribution in [1.29, 1.82) is 0 Å². The van der Waals surface area contributed by atoms with Gasteiger partial charge in [0.2, 0.25) is 0 Å². The highest BCUT2D eigenvalue weighted by atomic mass is 14.1. The predicted molar refractivity (Wildman–Crippen MR) is 71.0 cm³/mol. The molecule has 1 atom stereocenters. The molecule has 0 aliphatic rings. The Morgan fingerprint density at radius 3 is 2.07 bits per heavy atom. The average molecular weight is 211 g/mol. The highest BCUT2D eigenvalue weighted by Crippen LogP contribution is 2.19. The zero-order chi connectivity index (χ0) is 11.4. The van der Waals surface area contributed by atoms with Gasteiger partial charge in [0.1, 0.15) is 0 Å². The molecule has 0 bridgehead atoms. The molecule has 0 fully saturated rings. The van der Waals surface area contributed by atoms with Crippen molar-refractivity contribution in [3.05, 3.63) is 6.42 Å². The summed E-state index contributed by atoms with van der Waals surface area (Å²) in [6, 6.07) is 0. The molecule has 0 aromatic carbocycles. The first kappa shape index (κ1) is 15.0. The third kappa shape index (κ3) is 10.3. The number of unbranched alkanes of at least 4 members (excludes halogenated alkanes) is 6. The molecule has 0 N–H and O–H groups in total. The summed E-state index contributed by atoms with van der Waals surface area (Å²) >= 11 is 0. The minimum absolute atomic E-state index is 0.899. The van der Waals surface area contributed by atoms with Crippen molar-refractivity contribution in [2.24, 2.45) is 5.92 Å². The van der Waals surface area contributed by atoms with Gasteiger partial charge >= 0.3 is 0 Å². The fourth-order valence-corrected chi connectivity index (χ4v) is 2.06. The van der Waals surface area contributed by atoms with Gasteiger partial charge in [0.05, 0.1) is 0 Å². The van der Waals surface area contributed by atoms with Gasteiger partial charge in [-0.15, -0.1) is 0 Å². The van der Waals surface area contributed by atoms with Gasteiger partial charge in [-0.05, 0) is 18.8 Å². The molecule has 0 amide bonds. The standard InChI is InChI=1S/C15H31/c1-4-7-9-10-11-12-14-15(6-3)13-8-5-2/h14-15H,4-13H2,1-3H3. The first-order valence-electron chi connectivity index (χ1n) is 7.18. The van der Waals surface area contributed by atoms with Crippen molar-refractivity contribution >= 4 is 0 Å². The van der Waals surface area contributed by atoms with Crippen LogP contribution in [0.5, 0.6) is 0 Å². The van der Waals surface area contributed by atoms with Crippen LogP contribution in [0.1, 0.15) is 85.0 Å². The lowest BCUT2D eigenvalue weighted by Crippen LogP contribution is -1.99. The molecular weight excluding hydrogens is 180 g/mol. The van der Waals surface area contributed by atoms with Crippen LogP contribution in [0.3, 0.4) is 0 Å². The van der Waals surface area contributed by atoms with Gasteiger partial charge in [0.25, 0.3) is 0 Å². The molecule has 1 unspecified atom stereocenters. The van der Waals surface area contributed by atoms with E-state index in [-0.39, 0.29) is 0 Å². The smallest absolute Gasteiger partial charge is 0.0355 e. The third-order valence-electron chi connectivity index (χ3n) is 3.26. The average Bonchev–Trinajstić information content (AvgIpc) is 2.27. The zero-order valence-corrected chi connectivity index (χ0v) is 11.2. The van der Waals surface area contributed by atoms with E-state index in [0.717, 1.165) is 5.92 Å². The molecule has 15 heavy (non-hydrogen) atoms. The van der Waals surface area contributed by atoms with Crippen molar-refractivity contribution < 1.29 is 0 Å². The molecule has 0 saturated heterocycles. The molecule has 0 rings (SSSR count). The Balaban J connectivity index is 3.22. The summed E-state index contributed by atoms with van der Waals surface area (Å²) in [6.07, 6.45) is 16.5. The lowest BCUT2D eigenvalue weighted by atomic mass is 9.93. The number of hydrogen-bond acceptors (Lipinski definition) is 0.